The number of rotatable bonds is 7. The van der Waals surface area contributed by atoms with Gasteiger partial charge in [0.1, 0.15) is 11.2 Å². The second-order valence-electron chi connectivity index (χ2n) is 13.7. The van der Waals surface area contributed by atoms with E-state index in [2.05, 4.69) is 168 Å². The zero-order valence-electron chi connectivity index (χ0n) is 30.1. The Kier molecular flexibility index (Phi) is 8.51. The molecule has 0 N–H and O–H groups in total. The molecule has 0 bridgehead atoms. The van der Waals surface area contributed by atoms with Crippen LogP contribution in [0.15, 0.2) is 199 Å². The normalized spacial score (nSPS) is 11.3. The Labute approximate surface area is 329 Å². The molecule has 0 saturated heterocycles. The van der Waals surface area contributed by atoms with Gasteiger partial charge in [-0.25, -0.2) is 4.98 Å². The molecule has 8 aromatic carbocycles. The number of aromatic nitrogens is 3. The Balaban J connectivity index is 1.15. The van der Waals surface area contributed by atoms with Crippen LogP contribution in [0.5, 0.6) is 0 Å². The maximum Gasteiger partial charge on any atom is 0.226 e. The van der Waals surface area contributed by atoms with E-state index < -0.39 is 0 Å². The van der Waals surface area contributed by atoms with Gasteiger partial charge in [-0.05, 0) is 91.5 Å². The molecule has 10 rings (SSSR count). The highest BCUT2D eigenvalue weighted by atomic mass is 35.5. The molecule has 2 heterocycles. The van der Waals surface area contributed by atoms with Crippen LogP contribution in [0.1, 0.15) is 0 Å². The lowest BCUT2D eigenvalue weighted by atomic mass is 9.79. The summed E-state index contributed by atoms with van der Waals surface area (Å²) in [4.78, 5) is 14.0. The summed E-state index contributed by atoms with van der Waals surface area (Å²) < 4.78 is 6.16. The topological polar surface area (TPSA) is 51.8 Å². The highest BCUT2D eigenvalue weighted by Crippen LogP contribution is 2.50. The van der Waals surface area contributed by atoms with Gasteiger partial charge in [0, 0.05) is 21.9 Å². The molecule has 0 spiro atoms. The quantitative estimate of drug-likeness (QED) is 0.163. The van der Waals surface area contributed by atoms with Crippen LogP contribution in [0.3, 0.4) is 0 Å². The van der Waals surface area contributed by atoms with Crippen molar-refractivity contribution in [2.24, 2.45) is 0 Å². The van der Waals surface area contributed by atoms with E-state index in [0.717, 1.165) is 77.6 Å². The molecule has 0 fully saturated rings. The van der Waals surface area contributed by atoms with Gasteiger partial charge >= 0.3 is 0 Å². The van der Waals surface area contributed by atoms with Gasteiger partial charge in [-0.2, -0.15) is 9.97 Å². The molecule has 0 radical (unpaired) electrons. The highest BCUT2D eigenvalue weighted by molar-refractivity contribution is 6.28. The van der Waals surface area contributed by atoms with E-state index in [9.17, 15) is 0 Å². The van der Waals surface area contributed by atoms with Crippen LogP contribution in [0.2, 0.25) is 5.28 Å². The summed E-state index contributed by atoms with van der Waals surface area (Å²) in [6.45, 7) is 0. The molecule has 4 nitrogen and oxygen atoms in total. The largest absolute Gasteiger partial charge is 0.456 e. The van der Waals surface area contributed by atoms with Crippen molar-refractivity contribution in [1.29, 1.82) is 0 Å². The number of hydrogen-bond acceptors (Lipinski definition) is 4. The fourth-order valence-corrected chi connectivity index (χ4v) is 7.89. The monoisotopic (exact) mass is 737 g/mol. The minimum atomic E-state index is 0.127. The number of benzene rings is 8. The maximum absolute atomic E-state index is 6.58. The van der Waals surface area contributed by atoms with Gasteiger partial charge in [-0.3, -0.25) is 0 Å². The third kappa shape index (κ3) is 6.12. The van der Waals surface area contributed by atoms with E-state index in [4.69, 9.17) is 21.0 Å². The lowest BCUT2D eigenvalue weighted by molar-refractivity contribution is 0.669. The summed E-state index contributed by atoms with van der Waals surface area (Å²) in [6, 6.07) is 67.6. The minimum Gasteiger partial charge on any atom is -0.456 e. The predicted molar refractivity (Wildman–Crippen MR) is 230 cm³/mol. The van der Waals surface area contributed by atoms with E-state index in [1.54, 1.807) is 0 Å². The van der Waals surface area contributed by atoms with Crippen LogP contribution in [0.4, 0.5) is 0 Å². The summed E-state index contributed by atoms with van der Waals surface area (Å²) >= 11 is 6.58. The third-order valence-corrected chi connectivity index (χ3v) is 10.5. The summed E-state index contributed by atoms with van der Waals surface area (Å²) in [7, 11) is 0. The fourth-order valence-electron chi connectivity index (χ4n) is 7.73. The molecule has 0 saturated carbocycles. The average Bonchev–Trinajstić information content (AvgIpc) is 3.65. The fraction of sp³-hybridized carbons (Fsp3) is 0. The average molecular weight is 738 g/mol. The van der Waals surface area contributed by atoms with Crippen LogP contribution < -0.4 is 0 Å². The molecule has 0 atom stereocenters. The van der Waals surface area contributed by atoms with E-state index in [1.807, 2.05) is 36.4 Å². The van der Waals surface area contributed by atoms with Crippen molar-refractivity contribution in [2.45, 2.75) is 0 Å². The molecule has 0 amide bonds. The SMILES string of the molecule is Clc1nc(-c2ccc(-c3cc(-c4ccccc4)c(-c4ccccc4)c(-c4ccccc4)c3-c3ccccc3)cc2)nc(-c2ccc3c(c2)oc2ccccc23)n1. The first kappa shape index (κ1) is 33.4. The molecule has 56 heavy (non-hydrogen) atoms. The molecule has 2 aromatic heterocycles. The Hall–Kier alpha value is -7.14. The first-order valence-electron chi connectivity index (χ1n) is 18.5. The third-order valence-electron chi connectivity index (χ3n) is 10.3. The number of hydrogen-bond donors (Lipinski definition) is 0. The zero-order valence-corrected chi connectivity index (χ0v) is 30.9. The predicted octanol–water partition coefficient (Wildman–Crippen LogP) is 14.1. The summed E-state index contributed by atoms with van der Waals surface area (Å²) in [5.74, 6) is 0.975. The van der Waals surface area contributed by atoms with E-state index in [0.29, 0.717) is 11.6 Å². The van der Waals surface area contributed by atoms with Crippen LogP contribution in [-0.4, -0.2) is 15.0 Å². The lowest BCUT2D eigenvalue weighted by Crippen LogP contribution is -1.99. The molecular formula is C51H32ClN3O. The Morgan fingerprint density at radius 1 is 0.321 bits per heavy atom. The Bertz CT molecular complexity index is 3000. The lowest BCUT2D eigenvalue weighted by Gasteiger charge is -2.24. The van der Waals surface area contributed by atoms with Crippen molar-refractivity contribution in [1.82, 2.24) is 15.0 Å². The van der Waals surface area contributed by atoms with Crippen molar-refractivity contribution in [3.05, 3.63) is 199 Å². The summed E-state index contributed by atoms with van der Waals surface area (Å²) in [6.07, 6.45) is 0. The smallest absolute Gasteiger partial charge is 0.226 e. The van der Waals surface area contributed by atoms with Gasteiger partial charge < -0.3 is 4.42 Å². The summed E-state index contributed by atoms with van der Waals surface area (Å²) in [5.41, 5.74) is 14.7. The van der Waals surface area contributed by atoms with E-state index in [-0.39, 0.29) is 5.28 Å². The molecule has 10 aromatic rings. The second kappa shape index (κ2) is 14.3. The Morgan fingerprint density at radius 3 is 1.34 bits per heavy atom. The minimum absolute atomic E-state index is 0.127. The van der Waals surface area contributed by atoms with Gasteiger partial charge in [0.05, 0.1) is 0 Å². The van der Waals surface area contributed by atoms with Crippen LogP contribution >= 0.6 is 11.6 Å². The Morgan fingerprint density at radius 2 is 0.750 bits per heavy atom. The molecule has 0 aliphatic rings. The van der Waals surface area contributed by atoms with Gasteiger partial charge in [0.2, 0.25) is 5.28 Å². The molecule has 0 unspecified atom stereocenters. The number of para-hydroxylation sites is 1. The molecule has 0 aliphatic carbocycles. The number of nitrogens with zero attached hydrogens (tertiary/aromatic N) is 3. The van der Waals surface area contributed by atoms with Crippen molar-refractivity contribution in [2.75, 3.05) is 0 Å². The first-order chi connectivity index (χ1) is 27.7. The number of fused-ring (bicyclic) bond motifs is 3. The molecule has 264 valence electrons. The van der Waals surface area contributed by atoms with Gasteiger partial charge in [0.25, 0.3) is 0 Å². The maximum atomic E-state index is 6.58. The summed E-state index contributed by atoms with van der Waals surface area (Å²) in [5, 5.41) is 2.24. The van der Waals surface area contributed by atoms with Crippen LogP contribution in [0, 0.1) is 0 Å². The van der Waals surface area contributed by atoms with Gasteiger partial charge in [-0.15, -0.1) is 0 Å². The standard InChI is InChI=1S/C51H32ClN3O/c52-51-54-49(53-50(55-51)39-29-30-41-40-23-13-14-24-44(40)56-45(41)31-39)38-27-25-34(26-28-38)43-32-42(33-15-5-1-6-16-33)46(35-17-7-2-8-18-35)48(37-21-11-4-12-22-37)47(43)36-19-9-3-10-20-36/h1-32H. The van der Waals surface area contributed by atoms with Crippen molar-refractivity contribution in [3.8, 4) is 78.4 Å². The van der Waals surface area contributed by atoms with Crippen molar-refractivity contribution in [3.63, 3.8) is 0 Å². The first-order valence-corrected chi connectivity index (χ1v) is 18.9. The number of furan rings is 1. The van der Waals surface area contributed by atoms with Crippen molar-refractivity contribution < 1.29 is 4.42 Å². The van der Waals surface area contributed by atoms with Crippen LogP contribution in [0.25, 0.3) is 100 Å². The van der Waals surface area contributed by atoms with Gasteiger partial charge in [0.15, 0.2) is 11.6 Å². The zero-order chi connectivity index (χ0) is 37.4. The van der Waals surface area contributed by atoms with Gasteiger partial charge in [-0.1, -0.05) is 170 Å². The molecular weight excluding hydrogens is 706 g/mol. The highest BCUT2D eigenvalue weighted by Gasteiger charge is 2.24. The van der Waals surface area contributed by atoms with Crippen molar-refractivity contribution >= 4 is 33.5 Å². The van der Waals surface area contributed by atoms with E-state index >= 15 is 0 Å². The molecule has 5 heteroatoms. The molecule has 0 aliphatic heterocycles. The van der Waals surface area contributed by atoms with Crippen LogP contribution in [-0.2, 0) is 0 Å². The number of halogens is 1. The second-order valence-corrected chi connectivity index (χ2v) is 14.0. The van der Waals surface area contributed by atoms with E-state index in [1.165, 1.54) is 11.1 Å².